The average Bonchev–Trinajstić information content (AvgIpc) is 2.48. The zero-order valence-electron chi connectivity index (χ0n) is 11.4. The van der Waals surface area contributed by atoms with Crippen molar-refractivity contribution in [3.63, 3.8) is 0 Å². The molecule has 1 aliphatic carbocycles. The number of carbonyl (C=O) groups excluding carboxylic acids is 1. The van der Waals surface area contributed by atoms with E-state index in [0.717, 1.165) is 6.07 Å². The lowest BCUT2D eigenvalue weighted by molar-refractivity contribution is -0.383. The van der Waals surface area contributed by atoms with Crippen molar-refractivity contribution in [3.8, 4) is 0 Å². The van der Waals surface area contributed by atoms with E-state index in [4.69, 9.17) is 16.7 Å². The van der Waals surface area contributed by atoms with Crippen molar-refractivity contribution < 1.29 is 19.6 Å². The molecule has 0 heterocycles. The van der Waals surface area contributed by atoms with Gasteiger partial charge in [-0.25, -0.2) is 0 Å². The first kappa shape index (κ1) is 16.0. The van der Waals surface area contributed by atoms with Gasteiger partial charge in [-0.3, -0.25) is 19.7 Å². The third-order valence-electron chi connectivity index (χ3n) is 3.50. The van der Waals surface area contributed by atoms with E-state index >= 15 is 0 Å². The van der Waals surface area contributed by atoms with Crippen LogP contribution in [0.3, 0.4) is 0 Å². The molecule has 1 aromatic rings. The van der Waals surface area contributed by atoms with Gasteiger partial charge >= 0.3 is 5.97 Å². The molecule has 8 heteroatoms. The Morgan fingerprint density at radius 1 is 1.27 bits per heavy atom. The van der Waals surface area contributed by atoms with E-state index in [-0.39, 0.29) is 29.2 Å². The van der Waals surface area contributed by atoms with E-state index in [2.05, 4.69) is 5.32 Å². The molecule has 1 amide bonds. The highest BCUT2D eigenvalue weighted by molar-refractivity contribution is 6.31. The van der Waals surface area contributed by atoms with E-state index in [9.17, 15) is 19.7 Å². The number of carboxylic acids is 1. The topological polar surface area (TPSA) is 110 Å². The SMILES string of the molecule is O=C(O)[C@@H]1CC=CC[C@H]1C(=O)Nc1ccc(Cl)cc1[N+](=O)[O-]. The lowest BCUT2D eigenvalue weighted by atomic mass is 9.82. The van der Waals surface area contributed by atoms with Crippen molar-refractivity contribution in [2.24, 2.45) is 11.8 Å². The molecule has 0 saturated carbocycles. The van der Waals surface area contributed by atoms with Crippen LogP contribution in [0.4, 0.5) is 11.4 Å². The van der Waals surface area contributed by atoms with Crippen LogP contribution in [0, 0.1) is 22.0 Å². The molecule has 2 N–H and O–H groups in total. The van der Waals surface area contributed by atoms with Gasteiger partial charge in [0.2, 0.25) is 5.91 Å². The molecule has 2 rings (SSSR count). The monoisotopic (exact) mass is 324 g/mol. The van der Waals surface area contributed by atoms with Gasteiger partial charge in [-0.1, -0.05) is 23.8 Å². The number of benzene rings is 1. The molecule has 0 fully saturated rings. The second kappa shape index (κ2) is 6.57. The summed E-state index contributed by atoms with van der Waals surface area (Å²) in [7, 11) is 0. The number of nitrogens with one attached hydrogen (secondary N) is 1. The Balaban J connectivity index is 2.23. The van der Waals surface area contributed by atoms with E-state index in [1.54, 1.807) is 12.2 Å². The molecule has 22 heavy (non-hydrogen) atoms. The molecule has 7 nitrogen and oxygen atoms in total. The van der Waals surface area contributed by atoms with Crippen molar-refractivity contribution in [3.05, 3.63) is 45.5 Å². The molecular weight excluding hydrogens is 312 g/mol. The summed E-state index contributed by atoms with van der Waals surface area (Å²) in [6.07, 6.45) is 3.99. The second-order valence-electron chi connectivity index (χ2n) is 4.90. The number of nitro benzene ring substituents is 1. The Morgan fingerprint density at radius 2 is 1.91 bits per heavy atom. The molecule has 0 spiro atoms. The number of rotatable bonds is 4. The minimum Gasteiger partial charge on any atom is -0.481 e. The number of nitro groups is 1. The molecule has 0 bridgehead atoms. The van der Waals surface area contributed by atoms with Gasteiger partial charge < -0.3 is 10.4 Å². The van der Waals surface area contributed by atoms with Crippen molar-refractivity contribution in [1.29, 1.82) is 0 Å². The van der Waals surface area contributed by atoms with Gasteiger partial charge in [0.1, 0.15) is 5.69 Å². The lowest BCUT2D eigenvalue weighted by Crippen LogP contribution is -2.34. The maximum Gasteiger partial charge on any atom is 0.307 e. The number of hydrogen-bond acceptors (Lipinski definition) is 4. The van der Waals surface area contributed by atoms with E-state index in [1.807, 2.05) is 0 Å². The molecule has 1 aliphatic rings. The molecule has 0 unspecified atom stereocenters. The zero-order chi connectivity index (χ0) is 16.3. The molecular formula is C14H13ClN2O5. The fraction of sp³-hybridized carbons (Fsp3) is 0.286. The molecule has 0 saturated heterocycles. The van der Waals surface area contributed by atoms with Crippen molar-refractivity contribution in [2.75, 3.05) is 5.32 Å². The Hall–Kier alpha value is -2.41. The predicted octanol–water partition coefficient (Wildman–Crippen LogP) is 2.85. The molecule has 0 aliphatic heterocycles. The van der Waals surface area contributed by atoms with Crippen LogP contribution in [0.5, 0.6) is 0 Å². The van der Waals surface area contributed by atoms with Crippen LogP contribution in [0.25, 0.3) is 0 Å². The summed E-state index contributed by atoms with van der Waals surface area (Å²) in [4.78, 5) is 33.8. The fourth-order valence-corrected chi connectivity index (χ4v) is 2.53. The molecule has 2 atom stereocenters. The summed E-state index contributed by atoms with van der Waals surface area (Å²) in [5, 5.41) is 22.8. The van der Waals surface area contributed by atoms with Crippen molar-refractivity contribution >= 4 is 34.9 Å². The van der Waals surface area contributed by atoms with Crippen LogP contribution < -0.4 is 5.32 Å². The summed E-state index contributed by atoms with van der Waals surface area (Å²) in [5.41, 5.74) is -0.336. The summed E-state index contributed by atoms with van der Waals surface area (Å²) >= 11 is 5.71. The Kier molecular flexibility index (Phi) is 4.77. The van der Waals surface area contributed by atoms with Crippen LogP contribution in [0.2, 0.25) is 5.02 Å². The van der Waals surface area contributed by atoms with E-state index < -0.39 is 28.6 Å². The third-order valence-corrected chi connectivity index (χ3v) is 3.74. The highest BCUT2D eigenvalue weighted by atomic mass is 35.5. The molecule has 1 aromatic carbocycles. The lowest BCUT2D eigenvalue weighted by Gasteiger charge is -2.24. The maximum atomic E-state index is 12.3. The third kappa shape index (κ3) is 3.43. The van der Waals surface area contributed by atoms with Crippen LogP contribution in [-0.2, 0) is 9.59 Å². The molecule has 0 aromatic heterocycles. The van der Waals surface area contributed by atoms with Gasteiger partial charge in [0.05, 0.1) is 16.8 Å². The Bertz CT molecular complexity index is 659. The summed E-state index contributed by atoms with van der Waals surface area (Å²) in [6.45, 7) is 0. The number of carbonyl (C=O) groups is 2. The highest BCUT2D eigenvalue weighted by Gasteiger charge is 2.34. The smallest absolute Gasteiger partial charge is 0.307 e. The van der Waals surface area contributed by atoms with Gasteiger partial charge in [-0.2, -0.15) is 0 Å². The Labute approximate surface area is 130 Å². The molecule has 116 valence electrons. The van der Waals surface area contributed by atoms with Crippen LogP contribution in [0.1, 0.15) is 12.8 Å². The number of nitrogens with zero attached hydrogens (tertiary/aromatic N) is 1. The van der Waals surface area contributed by atoms with Gasteiger partial charge in [-0.15, -0.1) is 0 Å². The van der Waals surface area contributed by atoms with Gasteiger partial charge in [0, 0.05) is 11.1 Å². The normalized spacial score (nSPS) is 20.4. The van der Waals surface area contributed by atoms with Crippen LogP contribution in [-0.4, -0.2) is 21.9 Å². The quantitative estimate of drug-likeness (QED) is 0.502. The summed E-state index contributed by atoms with van der Waals surface area (Å²) in [6, 6.07) is 3.87. The van der Waals surface area contributed by atoms with Gasteiger partial charge in [0.25, 0.3) is 5.69 Å². The minimum atomic E-state index is -1.06. The standard InChI is InChI=1S/C14H13ClN2O5/c15-8-5-6-11(12(7-8)17(21)22)16-13(18)9-3-1-2-4-10(9)14(19)20/h1-2,5-7,9-10H,3-4H2,(H,16,18)(H,19,20)/t9-,10-/m1/s1. The minimum absolute atomic E-state index is 0.00177. The summed E-state index contributed by atoms with van der Waals surface area (Å²) < 4.78 is 0. The average molecular weight is 325 g/mol. The predicted molar refractivity (Wildman–Crippen MR) is 79.7 cm³/mol. The van der Waals surface area contributed by atoms with Gasteiger partial charge in [-0.05, 0) is 25.0 Å². The number of anilines is 1. The van der Waals surface area contributed by atoms with E-state index in [0.29, 0.717) is 0 Å². The largest absolute Gasteiger partial charge is 0.481 e. The maximum absolute atomic E-state index is 12.3. The second-order valence-corrected chi connectivity index (χ2v) is 5.34. The number of amides is 1. The number of hydrogen-bond donors (Lipinski definition) is 2. The number of halogens is 1. The zero-order valence-corrected chi connectivity index (χ0v) is 12.1. The van der Waals surface area contributed by atoms with Crippen molar-refractivity contribution in [1.82, 2.24) is 0 Å². The number of aliphatic carboxylic acids is 1. The van der Waals surface area contributed by atoms with Crippen LogP contribution >= 0.6 is 11.6 Å². The number of allylic oxidation sites excluding steroid dienone is 2. The molecule has 0 radical (unpaired) electrons. The number of carboxylic acid groups (broad SMARTS) is 1. The fourth-order valence-electron chi connectivity index (χ4n) is 2.36. The summed E-state index contributed by atoms with van der Waals surface area (Å²) in [5.74, 6) is -3.22. The Morgan fingerprint density at radius 3 is 2.50 bits per heavy atom. The van der Waals surface area contributed by atoms with E-state index in [1.165, 1.54) is 12.1 Å². The van der Waals surface area contributed by atoms with Crippen molar-refractivity contribution in [2.45, 2.75) is 12.8 Å². The first-order valence-corrected chi connectivity index (χ1v) is 6.90. The van der Waals surface area contributed by atoms with Gasteiger partial charge in [0.15, 0.2) is 0 Å². The first-order valence-electron chi connectivity index (χ1n) is 6.52. The highest BCUT2D eigenvalue weighted by Crippen LogP contribution is 2.31. The van der Waals surface area contributed by atoms with Crippen LogP contribution in [0.15, 0.2) is 30.4 Å². The first-order chi connectivity index (χ1) is 10.4.